The largest absolute Gasteiger partial charge is 0.396 e. The maximum absolute atomic E-state index is 12.3. The summed E-state index contributed by atoms with van der Waals surface area (Å²) in [5.41, 5.74) is -0.207. The molecule has 8 heteroatoms. The summed E-state index contributed by atoms with van der Waals surface area (Å²) < 4.78 is 36.8. The Hall–Kier alpha value is -1.70. The van der Waals surface area contributed by atoms with Crippen molar-refractivity contribution in [3.63, 3.8) is 0 Å². The zero-order chi connectivity index (χ0) is 13.9. The molecule has 0 spiro atoms. The highest BCUT2D eigenvalue weighted by molar-refractivity contribution is 5.98. The van der Waals surface area contributed by atoms with E-state index >= 15 is 0 Å². The molecule has 0 saturated carbocycles. The average Bonchev–Trinajstić information content (AvgIpc) is 2.38. The van der Waals surface area contributed by atoms with Crippen molar-refractivity contribution in [3.05, 3.63) is 18.1 Å². The molecule has 0 aliphatic carbocycles. The zero-order valence-electron chi connectivity index (χ0n) is 10.1. The molecule has 1 aromatic rings. The molecule has 2 rings (SSSR count). The van der Waals surface area contributed by atoms with Gasteiger partial charge in [0.2, 0.25) is 0 Å². The molecule has 0 aromatic carbocycles. The lowest BCUT2D eigenvalue weighted by Crippen LogP contribution is -2.44. The summed E-state index contributed by atoms with van der Waals surface area (Å²) in [6, 6.07) is 0. The van der Waals surface area contributed by atoms with E-state index in [-0.39, 0.29) is 11.5 Å². The van der Waals surface area contributed by atoms with Crippen molar-refractivity contribution in [3.8, 4) is 0 Å². The Balaban J connectivity index is 2.22. The number of alkyl halides is 3. The summed E-state index contributed by atoms with van der Waals surface area (Å²) in [6.45, 7) is 2.57. The van der Waals surface area contributed by atoms with E-state index < -0.39 is 18.4 Å². The summed E-state index contributed by atoms with van der Waals surface area (Å²) >= 11 is 0. The fourth-order valence-electron chi connectivity index (χ4n) is 1.90. The Morgan fingerprint density at radius 2 is 1.89 bits per heavy atom. The van der Waals surface area contributed by atoms with Gasteiger partial charge in [-0.25, -0.2) is 9.97 Å². The zero-order valence-corrected chi connectivity index (χ0v) is 10.1. The maximum Gasteiger partial charge on any atom is 0.396 e. The van der Waals surface area contributed by atoms with Crippen LogP contribution in [0.5, 0.6) is 0 Å². The Labute approximate surface area is 107 Å². The van der Waals surface area contributed by atoms with Crippen LogP contribution in [0.1, 0.15) is 16.9 Å². The van der Waals surface area contributed by atoms with Gasteiger partial charge in [0.05, 0.1) is 0 Å². The molecule has 1 N–H and O–H groups in total. The third-order valence-electron chi connectivity index (χ3n) is 2.72. The molecule has 0 atom stereocenters. The van der Waals surface area contributed by atoms with E-state index in [9.17, 15) is 18.0 Å². The summed E-state index contributed by atoms with van der Waals surface area (Å²) in [5.74, 6) is -0.813. The number of Topliss-reactive ketones (excluding diaryl/α,β-unsaturated/α-hetero) is 1. The first-order chi connectivity index (χ1) is 8.97. The first-order valence-corrected chi connectivity index (χ1v) is 5.84. The summed E-state index contributed by atoms with van der Waals surface area (Å²) in [5, 5.41) is 3.12. The molecule has 104 valence electrons. The van der Waals surface area contributed by atoms with Gasteiger partial charge in [0.15, 0.2) is 11.6 Å². The molecule has 1 aliphatic heterocycles. The second kappa shape index (κ2) is 5.52. The number of piperazine rings is 1. The van der Waals surface area contributed by atoms with Gasteiger partial charge in [0, 0.05) is 38.6 Å². The number of ketones is 1. The molecule has 5 nitrogen and oxygen atoms in total. The molecule has 1 saturated heterocycles. The molecular weight excluding hydrogens is 261 g/mol. The van der Waals surface area contributed by atoms with Crippen LogP contribution < -0.4 is 10.2 Å². The number of rotatable bonds is 3. The normalized spacial score (nSPS) is 16.5. The fourth-order valence-corrected chi connectivity index (χ4v) is 1.90. The Bertz CT molecular complexity index is 457. The van der Waals surface area contributed by atoms with Gasteiger partial charge in [-0.2, -0.15) is 13.2 Å². The third-order valence-corrected chi connectivity index (χ3v) is 2.72. The van der Waals surface area contributed by atoms with Gasteiger partial charge in [-0.05, 0) is 0 Å². The van der Waals surface area contributed by atoms with Gasteiger partial charge in [0.1, 0.15) is 12.1 Å². The van der Waals surface area contributed by atoms with Crippen molar-refractivity contribution in [2.75, 3.05) is 31.1 Å². The van der Waals surface area contributed by atoms with E-state index in [0.29, 0.717) is 26.2 Å². The monoisotopic (exact) mass is 274 g/mol. The van der Waals surface area contributed by atoms with Gasteiger partial charge in [-0.1, -0.05) is 0 Å². The van der Waals surface area contributed by atoms with Crippen molar-refractivity contribution in [2.24, 2.45) is 0 Å². The molecule has 1 fully saturated rings. The number of aromatic nitrogens is 2. The van der Waals surface area contributed by atoms with E-state index in [1.165, 1.54) is 12.4 Å². The minimum absolute atomic E-state index is 0.207. The average molecular weight is 274 g/mol. The number of anilines is 1. The molecule has 0 radical (unpaired) electrons. The summed E-state index contributed by atoms with van der Waals surface area (Å²) in [6.07, 6.45) is -3.43. The lowest BCUT2D eigenvalue weighted by molar-refractivity contribution is -0.125. The highest BCUT2D eigenvalue weighted by atomic mass is 19.4. The van der Waals surface area contributed by atoms with Crippen LogP contribution in [0.25, 0.3) is 0 Å². The first kappa shape index (κ1) is 13.7. The molecule has 19 heavy (non-hydrogen) atoms. The van der Waals surface area contributed by atoms with Crippen molar-refractivity contribution < 1.29 is 18.0 Å². The summed E-state index contributed by atoms with van der Waals surface area (Å²) in [4.78, 5) is 21.2. The number of nitrogens with zero attached hydrogens (tertiary/aromatic N) is 3. The topological polar surface area (TPSA) is 58.1 Å². The SMILES string of the molecule is O=C(CC(F)(F)F)c1nccnc1N1CCNCC1. The number of halogens is 3. The van der Waals surface area contributed by atoms with E-state index in [2.05, 4.69) is 15.3 Å². The predicted octanol–water partition coefficient (Wildman–Crippen LogP) is 1.02. The number of carbonyl (C=O) groups excluding carboxylic acids is 1. The number of hydrogen-bond donors (Lipinski definition) is 1. The van der Waals surface area contributed by atoms with Gasteiger partial charge >= 0.3 is 6.18 Å². The minimum atomic E-state index is -4.53. The molecule has 1 aromatic heterocycles. The van der Waals surface area contributed by atoms with Crippen LogP contribution in [0.2, 0.25) is 0 Å². The van der Waals surface area contributed by atoms with Crippen LogP contribution in [0.15, 0.2) is 12.4 Å². The molecule has 2 heterocycles. The molecular formula is C11H13F3N4O. The highest BCUT2D eigenvalue weighted by Crippen LogP contribution is 2.24. The lowest BCUT2D eigenvalue weighted by Gasteiger charge is -2.29. The van der Waals surface area contributed by atoms with Crippen LogP contribution >= 0.6 is 0 Å². The van der Waals surface area contributed by atoms with Gasteiger partial charge in [-0.15, -0.1) is 0 Å². The van der Waals surface area contributed by atoms with Crippen molar-refractivity contribution in [1.29, 1.82) is 0 Å². The minimum Gasteiger partial charge on any atom is -0.352 e. The van der Waals surface area contributed by atoms with Crippen molar-refractivity contribution >= 4 is 11.6 Å². The Kier molecular flexibility index (Phi) is 3.98. The van der Waals surface area contributed by atoms with Crippen LogP contribution in [-0.2, 0) is 0 Å². The van der Waals surface area contributed by atoms with Crippen molar-refractivity contribution in [2.45, 2.75) is 12.6 Å². The Morgan fingerprint density at radius 3 is 2.53 bits per heavy atom. The molecule has 0 bridgehead atoms. The maximum atomic E-state index is 12.3. The first-order valence-electron chi connectivity index (χ1n) is 5.84. The second-order valence-electron chi connectivity index (χ2n) is 4.18. The van der Waals surface area contributed by atoms with Gasteiger partial charge < -0.3 is 10.2 Å². The van der Waals surface area contributed by atoms with E-state index in [1.807, 2.05) is 0 Å². The third kappa shape index (κ3) is 3.63. The number of nitrogens with one attached hydrogen (secondary N) is 1. The molecule has 0 amide bonds. The van der Waals surface area contributed by atoms with Crippen molar-refractivity contribution in [1.82, 2.24) is 15.3 Å². The molecule has 0 unspecified atom stereocenters. The van der Waals surface area contributed by atoms with Crippen LogP contribution in [0.3, 0.4) is 0 Å². The van der Waals surface area contributed by atoms with E-state index in [0.717, 1.165) is 0 Å². The second-order valence-corrected chi connectivity index (χ2v) is 4.18. The molecule has 1 aliphatic rings. The predicted molar refractivity (Wildman–Crippen MR) is 62.1 cm³/mol. The van der Waals surface area contributed by atoms with E-state index in [4.69, 9.17) is 0 Å². The van der Waals surface area contributed by atoms with Crippen LogP contribution in [0.4, 0.5) is 19.0 Å². The quantitative estimate of drug-likeness (QED) is 0.834. The lowest BCUT2D eigenvalue weighted by atomic mass is 10.2. The number of carbonyl (C=O) groups is 1. The van der Waals surface area contributed by atoms with Crippen LogP contribution in [-0.4, -0.2) is 48.1 Å². The highest BCUT2D eigenvalue weighted by Gasteiger charge is 2.34. The summed E-state index contributed by atoms with van der Waals surface area (Å²) in [7, 11) is 0. The van der Waals surface area contributed by atoms with Gasteiger partial charge in [-0.3, -0.25) is 4.79 Å². The smallest absolute Gasteiger partial charge is 0.352 e. The van der Waals surface area contributed by atoms with E-state index in [1.54, 1.807) is 4.90 Å². The van der Waals surface area contributed by atoms with Gasteiger partial charge in [0.25, 0.3) is 0 Å². The number of hydrogen-bond acceptors (Lipinski definition) is 5. The fraction of sp³-hybridized carbons (Fsp3) is 0.545. The van der Waals surface area contributed by atoms with Crippen LogP contribution in [0, 0.1) is 0 Å². The Morgan fingerprint density at radius 1 is 1.26 bits per heavy atom. The standard InChI is InChI=1S/C11H13F3N4O/c12-11(13,14)7-8(19)9-10(17-2-1-16-9)18-5-3-15-4-6-18/h1-2,15H,3-7H2.